The van der Waals surface area contributed by atoms with Crippen molar-refractivity contribution in [2.24, 2.45) is 4.99 Å². The molecule has 1 unspecified atom stereocenters. The fourth-order valence-electron chi connectivity index (χ4n) is 1.78. The third-order valence-corrected chi connectivity index (χ3v) is 2.57. The number of nitrogens with one attached hydrogen (secondary N) is 1. The minimum atomic E-state index is -0.901. The number of hydrogen-bond acceptors (Lipinski definition) is 3. The molecule has 1 aliphatic heterocycles. The van der Waals surface area contributed by atoms with Crippen LogP contribution in [0.1, 0.15) is 34.1 Å². The summed E-state index contributed by atoms with van der Waals surface area (Å²) in [5.74, 6) is 0.590. The molecule has 1 rings (SSSR count). The van der Waals surface area contributed by atoms with Crippen molar-refractivity contribution in [1.82, 2.24) is 10.2 Å². The van der Waals surface area contributed by atoms with Crippen LogP contribution in [-0.4, -0.2) is 48.7 Å². The van der Waals surface area contributed by atoms with Crippen molar-refractivity contribution < 1.29 is 9.53 Å². The van der Waals surface area contributed by atoms with Gasteiger partial charge >= 0.3 is 17.8 Å². The van der Waals surface area contributed by atoms with Crippen LogP contribution in [0.25, 0.3) is 4.85 Å². The molecule has 1 N–H and O–H groups in total. The topological polar surface area (TPSA) is 58.3 Å². The number of ether oxygens (including phenoxy) is 1. The number of amides is 1. The van der Waals surface area contributed by atoms with E-state index in [9.17, 15) is 4.79 Å². The maximum atomic E-state index is 12.3. The molecule has 0 aromatic rings. The summed E-state index contributed by atoms with van der Waals surface area (Å²) >= 11 is 0. The predicted octanol–water partition coefficient (Wildman–Crippen LogP) is 1.92. The molecule has 0 aromatic carbocycles. The zero-order valence-corrected chi connectivity index (χ0v) is 12.6. The smallest absolute Gasteiger partial charge is 0.443 e. The van der Waals surface area contributed by atoms with Crippen LogP contribution in [0.4, 0.5) is 4.79 Å². The van der Waals surface area contributed by atoms with E-state index in [0.29, 0.717) is 12.4 Å². The lowest BCUT2D eigenvalue weighted by atomic mass is 10.2. The summed E-state index contributed by atoms with van der Waals surface area (Å²) in [6.07, 6.45) is 0.401. The molecule has 6 nitrogen and oxygen atoms in total. The summed E-state index contributed by atoms with van der Waals surface area (Å²) in [5.41, 5.74) is -1.44. The highest BCUT2D eigenvalue weighted by Gasteiger charge is 2.69. The summed E-state index contributed by atoms with van der Waals surface area (Å²) in [5, 5.41) is 2.96. The Hall–Kier alpha value is -1.77. The van der Waals surface area contributed by atoms with Crippen molar-refractivity contribution >= 4 is 11.9 Å². The Bertz CT molecular complexity index is 432. The molecular formula is C13H23N4O2+. The zero-order valence-electron chi connectivity index (χ0n) is 12.6. The third kappa shape index (κ3) is 3.37. The first kappa shape index (κ1) is 15.3. The highest BCUT2D eigenvalue weighted by molar-refractivity contribution is 6.02. The molecule has 6 heteroatoms. The predicted molar refractivity (Wildman–Crippen MR) is 75.6 cm³/mol. The van der Waals surface area contributed by atoms with Gasteiger partial charge in [-0.15, -0.1) is 0 Å². The van der Waals surface area contributed by atoms with Gasteiger partial charge in [-0.3, -0.25) is 4.99 Å². The molecule has 1 aliphatic rings. The molecular weight excluding hydrogens is 244 g/mol. The van der Waals surface area contributed by atoms with Crippen LogP contribution in [0.3, 0.4) is 0 Å². The second kappa shape index (κ2) is 5.47. The van der Waals surface area contributed by atoms with Crippen LogP contribution in [0.5, 0.6) is 0 Å². The summed E-state index contributed by atoms with van der Waals surface area (Å²) in [6, 6.07) is 2.86. The number of rotatable bonds is 4. The Morgan fingerprint density at radius 2 is 2.11 bits per heavy atom. The second-order valence-electron chi connectivity index (χ2n) is 5.35. The average Bonchev–Trinajstić information content (AvgIpc) is 3.06. The number of carbonyl (C=O) groups is 1. The van der Waals surface area contributed by atoms with Gasteiger partial charge in [0.25, 0.3) is 0 Å². The van der Waals surface area contributed by atoms with Crippen molar-refractivity contribution in [2.45, 2.75) is 45.4 Å². The van der Waals surface area contributed by atoms with Gasteiger partial charge in [0, 0.05) is 20.6 Å². The van der Waals surface area contributed by atoms with Crippen LogP contribution in [0.2, 0.25) is 0 Å². The number of hydrogen-bond donors (Lipinski definition) is 1. The van der Waals surface area contributed by atoms with Crippen LogP contribution < -0.4 is 5.32 Å². The monoisotopic (exact) mass is 267 g/mol. The Morgan fingerprint density at radius 3 is 2.42 bits per heavy atom. The molecule has 0 spiro atoms. The molecule has 0 aromatic heterocycles. The van der Waals surface area contributed by atoms with Crippen LogP contribution in [0, 0.1) is 6.07 Å². The van der Waals surface area contributed by atoms with Gasteiger partial charge in [0.2, 0.25) is 5.84 Å². The molecule has 106 valence electrons. The van der Waals surface area contributed by atoms with Gasteiger partial charge in [-0.25, -0.2) is 9.69 Å². The molecule has 1 atom stereocenters. The molecule has 0 fully saturated rings. The minimum Gasteiger partial charge on any atom is -0.443 e. The van der Waals surface area contributed by atoms with E-state index in [1.54, 1.807) is 19.0 Å². The summed E-state index contributed by atoms with van der Waals surface area (Å²) in [6.45, 7) is 8.05. The Kier molecular flexibility index (Phi) is 4.40. The van der Waals surface area contributed by atoms with Crippen molar-refractivity contribution in [3.8, 4) is 6.07 Å². The fourth-order valence-corrected chi connectivity index (χ4v) is 1.78. The van der Waals surface area contributed by atoms with E-state index in [0.717, 1.165) is 6.42 Å². The number of nitrogens with zero attached hydrogens (tertiary/aromatic N) is 3. The van der Waals surface area contributed by atoms with E-state index in [4.69, 9.17) is 4.74 Å². The van der Waals surface area contributed by atoms with E-state index in [-0.39, 0.29) is 0 Å². The molecule has 19 heavy (non-hydrogen) atoms. The van der Waals surface area contributed by atoms with Crippen LogP contribution in [-0.2, 0) is 4.74 Å². The number of likely N-dealkylation sites (N-methyl/N-ethyl adjacent to an activating group) is 1. The maximum absolute atomic E-state index is 12.3. The van der Waals surface area contributed by atoms with Crippen LogP contribution in [0.15, 0.2) is 4.99 Å². The third-order valence-electron chi connectivity index (χ3n) is 2.57. The lowest BCUT2D eigenvalue weighted by Gasteiger charge is -2.26. The molecule has 1 heterocycles. The standard InChI is InChI=1S/C13H23N4O2/c1-7-8-17(11(18)19-12(2,3)4)13(9-16-13)10(14-5)15-6/h7-8H2,1-6H3,(H,14,15)/q+1. The quantitative estimate of drug-likeness (QED) is 0.625. The van der Waals surface area contributed by atoms with Crippen molar-refractivity contribution in [3.63, 3.8) is 0 Å². The lowest BCUT2D eigenvalue weighted by molar-refractivity contribution is 0.0208. The SMILES string of the molecule is CCCN(C(=O)OC(C)(C)C)C1(C(=NC)NC)C#[N+]1. The number of carbonyl (C=O) groups excluding carboxylic acids is 1. The van der Waals surface area contributed by atoms with Crippen molar-refractivity contribution in [1.29, 1.82) is 0 Å². The number of aliphatic imine (C=N–C) groups is 1. The van der Waals surface area contributed by atoms with E-state index >= 15 is 0 Å². The van der Waals surface area contributed by atoms with Gasteiger partial charge in [0.05, 0.1) is 0 Å². The minimum absolute atomic E-state index is 0.403. The highest BCUT2D eigenvalue weighted by atomic mass is 16.6. The van der Waals surface area contributed by atoms with Gasteiger partial charge in [0.1, 0.15) is 5.60 Å². The maximum Gasteiger partial charge on any atom is 0.546 e. The summed E-state index contributed by atoms with van der Waals surface area (Å²) in [4.78, 5) is 22.1. The van der Waals surface area contributed by atoms with Gasteiger partial charge in [-0.05, 0) is 32.0 Å². The first-order chi connectivity index (χ1) is 8.80. The second-order valence-corrected chi connectivity index (χ2v) is 5.35. The molecule has 0 aliphatic carbocycles. The summed E-state index contributed by atoms with van der Waals surface area (Å²) in [7, 11) is 3.40. The molecule has 0 radical (unpaired) electrons. The fraction of sp³-hybridized carbons (Fsp3) is 0.769. The normalized spacial score (nSPS) is 21.3. The Morgan fingerprint density at radius 1 is 1.53 bits per heavy atom. The van der Waals surface area contributed by atoms with Crippen molar-refractivity contribution in [3.05, 3.63) is 4.85 Å². The van der Waals surface area contributed by atoms with Gasteiger partial charge < -0.3 is 10.1 Å². The molecule has 0 bridgehead atoms. The lowest BCUT2D eigenvalue weighted by Crippen LogP contribution is -2.54. The van der Waals surface area contributed by atoms with Crippen molar-refractivity contribution in [2.75, 3.05) is 20.6 Å². The van der Waals surface area contributed by atoms with E-state index in [2.05, 4.69) is 21.2 Å². The van der Waals surface area contributed by atoms with E-state index < -0.39 is 17.4 Å². The highest BCUT2D eigenvalue weighted by Crippen LogP contribution is 2.30. The Balaban J connectivity index is 2.92. The largest absolute Gasteiger partial charge is 0.546 e. The molecule has 0 saturated carbocycles. The zero-order chi connectivity index (χ0) is 14.7. The van der Waals surface area contributed by atoms with Gasteiger partial charge in [0.15, 0.2) is 0 Å². The van der Waals surface area contributed by atoms with Gasteiger partial charge in [-0.1, -0.05) is 6.92 Å². The first-order valence-electron chi connectivity index (χ1n) is 6.45. The van der Waals surface area contributed by atoms with E-state index in [1.807, 2.05) is 27.7 Å². The average molecular weight is 267 g/mol. The molecule has 0 saturated heterocycles. The number of amidine groups is 1. The van der Waals surface area contributed by atoms with E-state index in [1.165, 1.54) is 0 Å². The first-order valence-corrected chi connectivity index (χ1v) is 6.45. The van der Waals surface area contributed by atoms with Crippen LogP contribution >= 0.6 is 0 Å². The Labute approximate surface area is 114 Å². The van der Waals surface area contributed by atoms with Gasteiger partial charge in [-0.2, -0.15) is 0 Å². The summed E-state index contributed by atoms with van der Waals surface area (Å²) < 4.78 is 5.42. The molecule has 1 amide bonds.